The van der Waals surface area contributed by atoms with E-state index in [2.05, 4.69) is 5.32 Å². The molecule has 0 radical (unpaired) electrons. The van der Waals surface area contributed by atoms with Crippen LogP contribution in [-0.4, -0.2) is 101 Å². The number of carboxylic acid groups (broad SMARTS) is 1. The van der Waals surface area contributed by atoms with Crippen LogP contribution in [0.4, 0.5) is 13.2 Å². The molecule has 6 rings (SSSR count). The molecule has 0 unspecified atom stereocenters. The third-order valence-electron chi connectivity index (χ3n) is 10.1. The Morgan fingerprint density at radius 3 is 2.30 bits per heavy atom. The lowest BCUT2D eigenvalue weighted by Crippen LogP contribution is -2.64. The molecule has 3 aliphatic rings. The fourth-order valence-corrected chi connectivity index (χ4v) is 7.14. The summed E-state index contributed by atoms with van der Waals surface area (Å²) in [6, 6.07) is 16.3. The molecule has 2 heterocycles. The molecule has 2 aliphatic heterocycles. The molecule has 54 heavy (non-hydrogen) atoms. The van der Waals surface area contributed by atoms with Gasteiger partial charge < -0.3 is 34.8 Å². The summed E-state index contributed by atoms with van der Waals surface area (Å²) in [5.74, 6) is -7.08. The number of ether oxygens (including phenoxy) is 2. The number of rotatable bonds is 16. The Kier molecular flexibility index (Phi) is 12.0. The second-order valence-electron chi connectivity index (χ2n) is 14.0. The topological polar surface area (TPSA) is 146 Å². The van der Waals surface area contributed by atoms with Gasteiger partial charge in [-0.25, -0.2) is 13.6 Å². The van der Waals surface area contributed by atoms with Crippen LogP contribution in [0.3, 0.4) is 0 Å². The zero-order valence-electron chi connectivity index (χ0n) is 29.7. The molecule has 11 nitrogen and oxygen atoms in total. The smallest absolute Gasteiger partial charge is 0.337 e. The maximum atomic E-state index is 14.7. The summed E-state index contributed by atoms with van der Waals surface area (Å²) in [6.07, 6.45) is -0.628. The first kappa shape index (κ1) is 38.5. The molecule has 3 aromatic rings. The summed E-state index contributed by atoms with van der Waals surface area (Å²) in [6.45, 7) is 2.44. The van der Waals surface area contributed by atoms with Crippen molar-refractivity contribution in [1.82, 2.24) is 15.1 Å². The highest BCUT2D eigenvalue weighted by Gasteiger charge is 2.45. The number of nitrogens with zero attached hydrogens (tertiary/aromatic N) is 2. The van der Waals surface area contributed by atoms with Gasteiger partial charge in [-0.05, 0) is 79.8 Å². The summed E-state index contributed by atoms with van der Waals surface area (Å²) in [4.78, 5) is 54.2. The minimum atomic E-state index is -2.27. The number of aliphatic hydroxyl groups is 1. The van der Waals surface area contributed by atoms with E-state index in [4.69, 9.17) is 9.47 Å². The van der Waals surface area contributed by atoms with E-state index >= 15 is 0 Å². The first-order valence-corrected chi connectivity index (χ1v) is 17.9. The maximum absolute atomic E-state index is 14.7. The number of carboxylic acids is 1. The highest BCUT2D eigenvalue weighted by atomic mass is 19.2. The van der Waals surface area contributed by atoms with Crippen molar-refractivity contribution in [2.24, 2.45) is 0 Å². The Balaban J connectivity index is 1.24. The van der Waals surface area contributed by atoms with Crippen molar-refractivity contribution >= 4 is 29.8 Å². The van der Waals surface area contributed by atoms with Gasteiger partial charge in [-0.1, -0.05) is 54.1 Å². The van der Waals surface area contributed by atoms with Gasteiger partial charge in [0.1, 0.15) is 0 Å². The molecular formula is C40H42F3N3O8. The number of carbonyl (C=O) groups is 4. The van der Waals surface area contributed by atoms with Crippen LogP contribution in [0, 0.1) is 24.4 Å². The van der Waals surface area contributed by atoms with Crippen LogP contribution >= 0.6 is 0 Å². The van der Waals surface area contributed by atoms with Crippen LogP contribution in [0.15, 0.2) is 66.2 Å². The number of hydrogen-bond donors (Lipinski definition) is 3. The van der Waals surface area contributed by atoms with Crippen molar-refractivity contribution in [3.05, 3.63) is 106 Å². The number of halogens is 3. The van der Waals surface area contributed by atoms with Gasteiger partial charge >= 0.3 is 5.97 Å². The van der Waals surface area contributed by atoms with E-state index in [1.54, 1.807) is 0 Å². The molecule has 3 aromatic carbocycles. The number of piperazine rings is 1. The van der Waals surface area contributed by atoms with Crippen molar-refractivity contribution in [3.8, 4) is 5.75 Å². The molecule has 0 spiro atoms. The van der Waals surface area contributed by atoms with Gasteiger partial charge in [0, 0.05) is 37.3 Å². The second kappa shape index (κ2) is 16.9. The van der Waals surface area contributed by atoms with Crippen LogP contribution in [0.5, 0.6) is 5.75 Å². The Morgan fingerprint density at radius 1 is 0.963 bits per heavy atom. The molecule has 0 aromatic heterocycles. The number of aliphatic hydroxyl groups excluding tert-OH is 1. The zero-order chi connectivity index (χ0) is 38.5. The predicted octanol–water partition coefficient (Wildman–Crippen LogP) is 3.97. The number of nitrogens with one attached hydrogen (secondary N) is 1. The van der Waals surface area contributed by atoms with Crippen LogP contribution in [-0.2, 0) is 36.8 Å². The Labute approximate surface area is 310 Å². The molecule has 4 atom stereocenters. The van der Waals surface area contributed by atoms with Crippen molar-refractivity contribution in [2.45, 2.75) is 75.8 Å². The molecule has 1 saturated heterocycles. The quantitative estimate of drug-likeness (QED) is 0.113. The van der Waals surface area contributed by atoms with Crippen LogP contribution in [0.1, 0.15) is 47.9 Å². The summed E-state index contributed by atoms with van der Waals surface area (Å²) >= 11 is 0. The van der Waals surface area contributed by atoms with Gasteiger partial charge in [0.15, 0.2) is 23.5 Å². The largest absolute Gasteiger partial charge is 0.488 e. The third-order valence-corrected chi connectivity index (χ3v) is 10.1. The molecule has 2 bridgehead atoms. The SMILES string of the molecule is Cc1ccc(CCN(C(=O)C2=C(c3ccc(CCCOc4c(F)ccc(F)c4F)cc3)C[C@@H]3CN(C(=O)[C@@H](OC=O)[C@H](O)C(=O)O)C[C@H]2N3)C2CC2)cc1. The minimum Gasteiger partial charge on any atom is -0.488 e. The van der Waals surface area contributed by atoms with Crippen LogP contribution in [0.2, 0.25) is 0 Å². The number of amides is 2. The van der Waals surface area contributed by atoms with Gasteiger partial charge in [-0.15, -0.1) is 0 Å². The highest BCUT2D eigenvalue weighted by molar-refractivity contribution is 6.03. The average molecular weight is 750 g/mol. The van der Waals surface area contributed by atoms with Crippen LogP contribution < -0.4 is 10.1 Å². The van der Waals surface area contributed by atoms with Crippen LogP contribution in [0.25, 0.3) is 5.57 Å². The number of benzene rings is 3. The fourth-order valence-electron chi connectivity index (χ4n) is 7.14. The lowest BCUT2D eigenvalue weighted by Gasteiger charge is -2.45. The van der Waals surface area contributed by atoms with Crippen molar-refractivity contribution < 1.29 is 52.0 Å². The number of hydrogen-bond acceptors (Lipinski definition) is 8. The van der Waals surface area contributed by atoms with E-state index in [1.807, 2.05) is 60.4 Å². The predicted molar refractivity (Wildman–Crippen MR) is 190 cm³/mol. The fraction of sp³-hybridized carbons (Fsp3) is 0.400. The van der Waals surface area contributed by atoms with Crippen molar-refractivity contribution in [3.63, 3.8) is 0 Å². The van der Waals surface area contributed by atoms with E-state index in [-0.39, 0.29) is 44.2 Å². The molecular weight excluding hydrogens is 707 g/mol. The van der Waals surface area contributed by atoms with Gasteiger partial charge in [0.05, 0.1) is 12.6 Å². The Morgan fingerprint density at radius 2 is 1.63 bits per heavy atom. The summed E-state index contributed by atoms with van der Waals surface area (Å²) in [5, 5.41) is 23.0. The summed E-state index contributed by atoms with van der Waals surface area (Å²) in [7, 11) is 0. The lowest BCUT2D eigenvalue weighted by atomic mass is 9.82. The number of aryl methyl sites for hydroxylation is 2. The van der Waals surface area contributed by atoms with Gasteiger partial charge in [0.25, 0.3) is 18.3 Å². The summed E-state index contributed by atoms with van der Waals surface area (Å²) < 4.78 is 51.4. The average Bonchev–Trinajstić information content (AvgIpc) is 4.01. The molecule has 14 heteroatoms. The molecule has 286 valence electrons. The number of carbonyl (C=O) groups excluding carboxylic acids is 3. The van der Waals surface area contributed by atoms with Crippen molar-refractivity contribution in [2.75, 3.05) is 26.2 Å². The third kappa shape index (κ3) is 8.77. The zero-order valence-corrected chi connectivity index (χ0v) is 29.7. The van der Waals surface area contributed by atoms with Gasteiger partial charge in [0.2, 0.25) is 11.9 Å². The van der Waals surface area contributed by atoms with Crippen molar-refractivity contribution in [1.29, 1.82) is 0 Å². The lowest BCUT2D eigenvalue weighted by molar-refractivity contribution is -0.170. The molecule has 1 saturated carbocycles. The van der Waals surface area contributed by atoms with E-state index in [0.717, 1.165) is 46.7 Å². The monoisotopic (exact) mass is 749 g/mol. The van der Waals surface area contributed by atoms with E-state index in [0.29, 0.717) is 43.9 Å². The molecule has 1 aliphatic carbocycles. The normalized spacial score (nSPS) is 19.2. The number of aliphatic carboxylic acids is 1. The first-order chi connectivity index (χ1) is 25.9. The van der Waals surface area contributed by atoms with Gasteiger partial charge in [-0.2, -0.15) is 4.39 Å². The minimum absolute atomic E-state index is 0.0357. The van der Waals surface area contributed by atoms with Gasteiger partial charge in [-0.3, -0.25) is 14.4 Å². The Hall–Kier alpha value is -5.21. The standard InChI is InChI=1S/C40H42F3N3O8/c1-23-4-6-25(7-5-23)16-17-46(28-12-13-28)38(49)33-29(19-27-20-45(21-32(33)44-27)39(50)37(54-22-47)35(48)40(51)52)26-10-8-24(9-11-26)3-2-18-53-36-31(42)15-14-30(41)34(36)43/h4-11,14-15,22,27-28,32,35,37,44,48H,2-3,12-13,16-21H2,1H3,(H,51,52)/t27-,32-,35+,37+/m1/s1. The second-order valence-corrected chi connectivity index (χ2v) is 14.0. The number of fused-ring (bicyclic) bond motifs is 2. The van der Waals surface area contributed by atoms with E-state index in [1.165, 1.54) is 4.90 Å². The molecule has 3 N–H and O–H groups in total. The first-order valence-electron chi connectivity index (χ1n) is 17.9. The van der Waals surface area contributed by atoms with E-state index < -0.39 is 53.3 Å². The summed E-state index contributed by atoms with van der Waals surface area (Å²) in [5.41, 5.74) is 5.21. The molecule has 2 amide bonds. The highest BCUT2D eigenvalue weighted by Crippen LogP contribution is 2.37. The Bertz CT molecular complexity index is 1900. The maximum Gasteiger partial charge on any atom is 0.337 e. The van der Waals surface area contributed by atoms with E-state index in [9.17, 15) is 42.6 Å². The molecule has 2 fully saturated rings.